The SMILES string of the molecule is C[C@@H](NC(=O)Nc1cc(N)c(C(=[NH2+])C2CC2)c(CO)n1)c1ccccc1. The van der Waals surface area contributed by atoms with Gasteiger partial charge >= 0.3 is 6.03 Å². The van der Waals surface area contributed by atoms with Crippen LogP contribution < -0.4 is 21.8 Å². The molecule has 3 rings (SSSR count). The van der Waals surface area contributed by atoms with E-state index in [1.165, 1.54) is 0 Å². The number of aliphatic hydroxyl groups is 1. The van der Waals surface area contributed by atoms with Crippen molar-refractivity contribution in [2.45, 2.75) is 32.4 Å². The molecule has 1 atom stereocenters. The van der Waals surface area contributed by atoms with Crippen LogP contribution in [-0.2, 0) is 6.61 Å². The molecule has 1 aliphatic rings. The molecule has 0 unspecified atom stereocenters. The van der Waals surface area contributed by atoms with Crippen LogP contribution in [0.3, 0.4) is 0 Å². The lowest BCUT2D eigenvalue weighted by molar-refractivity contribution is -0.116. The number of nitrogen functional groups attached to an aromatic ring is 1. The van der Waals surface area contributed by atoms with E-state index in [4.69, 9.17) is 11.1 Å². The molecule has 0 radical (unpaired) electrons. The van der Waals surface area contributed by atoms with Gasteiger partial charge in [0.15, 0.2) is 5.71 Å². The third-order valence-corrected chi connectivity index (χ3v) is 4.47. The minimum atomic E-state index is -0.399. The van der Waals surface area contributed by atoms with Crippen LogP contribution in [0.4, 0.5) is 16.3 Å². The Bertz CT molecular complexity index is 818. The van der Waals surface area contributed by atoms with E-state index < -0.39 is 6.03 Å². The Balaban J connectivity index is 1.72. The highest BCUT2D eigenvalue weighted by molar-refractivity contribution is 6.05. The van der Waals surface area contributed by atoms with Gasteiger partial charge in [-0.2, -0.15) is 0 Å². The number of aromatic nitrogens is 1. The molecule has 1 fully saturated rings. The van der Waals surface area contributed by atoms with Crippen LogP contribution in [0.1, 0.15) is 42.6 Å². The first-order chi connectivity index (χ1) is 12.5. The topological polar surface area (TPSA) is 126 Å². The molecule has 0 spiro atoms. The van der Waals surface area contributed by atoms with Crippen LogP contribution in [0.15, 0.2) is 36.4 Å². The maximum atomic E-state index is 12.2. The molecule has 136 valence electrons. The Labute approximate surface area is 152 Å². The van der Waals surface area contributed by atoms with E-state index in [1.807, 2.05) is 37.3 Å². The van der Waals surface area contributed by atoms with Crippen molar-refractivity contribution >= 4 is 23.2 Å². The maximum Gasteiger partial charge on any atom is 0.320 e. The molecule has 0 bridgehead atoms. The zero-order valence-electron chi connectivity index (χ0n) is 14.7. The highest BCUT2D eigenvalue weighted by Crippen LogP contribution is 2.34. The standard InChI is InChI=1S/C19H23N5O2/c1-11(12-5-3-2-4-6-12)22-19(26)24-16-9-14(20)17(15(10-25)23-16)18(21)13-7-8-13/h2-6,9,11,13,21,25H,7-8,10H2,1H3,(H4,20,22,23,24,26)/p+1/t11-/m1/s1. The maximum absolute atomic E-state index is 12.2. The molecule has 0 saturated heterocycles. The van der Waals surface area contributed by atoms with Gasteiger partial charge in [-0.15, -0.1) is 0 Å². The number of nitrogens with two attached hydrogens (primary N) is 2. The Morgan fingerprint density at radius 2 is 2.08 bits per heavy atom. The van der Waals surface area contributed by atoms with Gasteiger partial charge in [0.2, 0.25) is 0 Å². The van der Waals surface area contributed by atoms with Crippen molar-refractivity contribution < 1.29 is 15.3 Å². The third kappa shape index (κ3) is 4.00. The number of carbonyl (C=O) groups excluding carboxylic acids is 1. The highest BCUT2D eigenvalue weighted by Gasteiger charge is 2.34. The summed E-state index contributed by atoms with van der Waals surface area (Å²) in [5.74, 6) is 0.579. The summed E-state index contributed by atoms with van der Waals surface area (Å²) in [5, 5.41) is 21.3. The average Bonchev–Trinajstić information content (AvgIpc) is 3.46. The molecular weight excluding hydrogens is 330 g/mol. The first-order valence-electron chi connectivity index (χ1n) is 8.65. The van der Waals surface area contributed by atoms with Gasteiger partial charge < -0.3 is 16.2 Å². The number of hydrogen-bond donors (Lipinski definition) is 5. The average molecular weight is 354 g/mol. The minimum absolute atomic E-state index is 0.163. The molecule has 7 heteroatoms. The number of anilines is 2. The van der Waals surface area contributed by atoms with E-state index in [9.17, 15) is 9.90 Å². The summed E-state index contributed by atoms with van der Waals surface area (Å²) in [6, 6.07) is 10.6. The number of urea groups is 1. The van der Waals surface area contributed by atoms with E-state index in [0.717, 1.165) is 18.4 Å². The van der Waals surface area contributed by atoms with Gasteiger partial charge in [-0.05, 0) is 25.3 Å². The number of carbonyl (C=O) groups is 1. The van der Waals surface area contributed by atoms with Crippen molar-refractivity contribution in [1.29, 1.82) is 0 Å². The monoisotopic (exact) mass is 354 g/mol. The van der Waals surface area contributed by atoms with Crippen molar-refractivity contribution in [1.82, 2.24) is 10.3 Å². The molecule has 1 aromatic carbocycles. The lowest BCUT2D eigenvalue weighted by Crippen LogP contribution is -2.43. The van der Waals surface area contributed by atoms with Gasteiger partial charge in [-0.25, -0.2) is 9.78 Å². The number of hydrogen-bond acceptors (Lipinski definition) is 4. The van der Waals surface area contributed by atoms with Gasteiger partial charge in [0, 0.05) is 12.0 Å². The summed E-state index contributed by atoms with van der Waals surface area (Å²) >= 11 is 0. The molecule has 1 heterocycles. The minimum Gasteiger partial charge on any atom is -0.398 e. The first-order valence-corrected chi connectivity index (χ1v) is 8.65. The quantitative estimate of drug-likeness (QED) is 0.496. The number of rotatable bonds is 6. The lowest BCUT2D eigenvalue weighted by atomic mass is 10.0. The first kappa shape index (κ1) is 17.9. The van der Waals surface area contributed by atoms with E-state index in [2.05, 4.69) is 15.6 Å². The van der Waals surface area contributed by atoms with Crippen LogP contribution in [0.25, 0.3) is 0 Å². The van der Waals surface area contributed by atoms with Gasteiger partial charge in [-0.1, -0.05) is 30.3 Å². The second-order valence-corrected chi connectivity index (χ2v) is 6.54. The predicted octanol–water partition coefficient (Wildman–Crippen LogP) is 0.997. The largest absolute Gasteiger partial charge is 0.398 e. The van der Waals surface area contributed by atoms with Gasteiger partial charge in [0.05, 0.1) is 29.6 Å². The molecule has 0 aliphatic heterocycles. The van der Waals surface area contributed by atoms with Crippen molar-refractivity contribution in [2.75, 3.05) is 11.1 Å². The van der Waals surface area contributed by atoms with Crippen LogP contribution in [-0.4, -0.2) is 21.8 Å². The fourth-order valence-corrected chi connectivity index (χ4v) is 2.90. The number of nitrogens with one attached hydrogen (secondary N) is 2. The number of aliphatic hydroxyl groups excluding tert-OH is 1. The van der Waals surface area contributed by atoms with Crippen LogP contribution >= 0.6 is 0 Å². The summed E-state index contributed by atoms with van der Waals surface area (Å²) in [5.41, 5.74) is 9.14. The highest BCUT2D eigenvalue weighted by atomic mass is 16.3. The molecular formula is C19H24N5O2+. The second-order valence-electron chi connectivity index (χ2n) is 6.54. The Kier molecular flexibility index (Phi) is 5.18. The Hall–Kier alpha value is -2.93. The number of nitrogens with zero attached hydrogens (tertiary/aromatic N) is 1. The van der Waals surface area contributed by atoms with E-state index in [1.54, 1.807) is 6.07 Å². The third-order valence-electron chi connectivity index (χ3n) is 4.47. The molecule has 1 aliphatic carbocycles. The summed E-state index contributed by atoms with van der Waals surface area (Å²) in [6.45, 7) is 1.59. The molecule has 7 nitrogen and oxygen atoms in total. The molecule has 2 aromatic rings. The lowest BCUT2D eigenvalue weighted by Gasteiger charge is -2.16. The predicted molar refractivity (Wildman–Crippen MR) is 100 cm³/mol. The molecule has 1 aromatic heterocycles. The molecule has 26 heavy (non-hydrogen) atoms. The molecule has 7 N–H and O–H groups in total. The van der Waals surface area contributed by atoms with Crippen LogP contribution in [0.2, 0.25) is 0 Å². The molecule has 1 saturated carbocycles. The van der Waals surface area contributed by atoms with Crippen molar-refractivity contribution in [3.8, 4) is 0 Å². The zero-order valence-corrected chi connectivity index (χ0v) is 14.7. The molecule has 2 amide bonds. The zero-order chi connectivity index (χ0) is 18.7. The Morgan fingerprint density at radius 1 is 1.38 bits per heavy atom. The van der Waals surface area contributed by atoms with Gasteiger partial charge in [0.1, 0.15) is 5.82 Å². The summed E-state index contributed by atoms with van der Waals surface area (Å²) < 4.78 is 0. The van der Waals surface area contributed by atoms with E-state index >= 15 is 0 Å². The van der Waals surface area contributed by atoms with Crippen molar-refractivity contribution in [3.05, 3.63) is 53.2 Å². The summed E-state index contributed by atoms with van der Waals surface area (Å²) in [4.78, 5) is 16.5. The fraction of sp³-hybridized carbons (Fsp3) is 0.316. The summed E-state index contributed by atoms with van der Waals surface area (Å²) in [7, 11) is 0. The second kappa shape index (κ2) is 7.53. The van der Waals surface area contributed by atoms with Gasteiger partial charge in [-0.3, -0.25) is 10.7 Å². The van der Waals surface area contributed by atoms with E-state index in [0.29, 0.717) is 28.6 Å². The normalized spacial score (nSPS) is 14.5. The number of benzene rings is 1. The number of amides is 2. The summed E-state index contributed by atoms with van der Waals surface area (Å²) in [6.07, 6.45) is 2.05. The fourth-order valence-electron chi connectivity index (χ4n) is 2.90. The smallest absolute Gasteiger partial charge is 0.320 e. The van der Waals surface area contributed by atoms with Gasteiger partial charge in [0.25, 0.3) is 0 Å². The number of pyridine rings is 1. The van der Waals surface area contributed by atoms with E-state index in [-0.39, 0.29) is 18.5 Å². The Morgan fingerprint density at radius 3 is 2.69 bits per heavy atom. The van der Waals surface area contributed by atoms with Crippen molar-refractivity contribution in [2.24, 2.45) is 5.92 Å². The van der Waals surface area contributed by atoms with Crippen molar-refractivity contribution in [3.63, 3.8) is 0 Å². The van der Waals surface area contributed by atoms with Crippen LogP contribution in [0.5, 0.6) is 0 Å². The van der Waals surface area contributed by atoms with Crippen LogP contribution in [0, 0.1) is 5.92 Å².